The number of ether oxygens (including phenoxy) is 2. The Hall–Kier alpha value is -1.26. The summed E-state index contributed by atoms with van der Waals surface area (Å²) in [7, 11) is 0. The first-order valence-corrected chi connectivity index (χ1v) is 5.38. The number of hydrogen-bond acceptors (Lipinski definition) is 4. The number of phenolic OH excluding ortho intramolecular Hbond substituents is 2. The summed E-state index contributed by atoms with van der Waals surface area (Å²) in [5.41, 5.74) is 1.17. The number of phenols is 2. The van der Waals surface area contributed by atoms with Crippen LogP contribution in [0.5, 0.6) is 11.5 Å². The van der Waals surface area contributed by atoms with Crippen LogP contribution in [0.25, 0.3) is 0 Å². The molecular formula is C12H18O4. The van der Waals surface area contributed by atoms with Gasteiger partial charge in [-0.2, -0.15) is 0 Å². The lowest BCUT2D eigenvalue weighted by molar-refractivity contribution is 0.128. The molecule has 0 saturated carbocycles. The quantitative estimate of drug-likeness (QED) is 0.730. The van der Waals surface area contributed by atoms with Crippen molar-refractivity contribution in [3.05, 3.63) is 23.3 Å². The predicted octanol–water partition coefficient (Wildman–Crippen LogP) is 2.17. The van der Waals surface area contributed by atoms with E-state index in [9.17, 15) is 10.2 Å². The maximum absolute atomic E-state index is 9.70. The molecule has 0 unspecified atom stereocenters. The standard InChI is InChI=1S/C12H18O4/c1-3-15-7-9-5-12(14)10(6-11(9)13)8-16-4-2/h5-6,13-14H,3-4,7-8H2,1-2H3. The van der Waals surface area contributed by atoms with Crippen LogP contribution in [0.1, 0.15) is 25.0 Å². The Morgan fingerprint density at radius 3 is 1.56 bits per heavy atom. The SMILES string of the molecule is CCOCc1cc(O)c(COCC)cc1O. The van der Waals surface area contributed by atoms with Crippen molar-refractivity contribution in [2.24, 2.45) is 0 Å². The van der Waals surface area contributed by atoms with Gasteiger partial charge in [0.05, 0.1) is 13.2 Å². The van der Waals surface area contributed by atoms with Crippen molar-refractivity contribution in [3.8, 4) is 11.5 Å². The lowest BCUT2D eigenvalue weighted by atomic mass is 10.1. The fraction of sp³-hybridized carbons (Fsp3) is 0.500. The van der Waals surface area contributed by atoms with Crippen molar-refractivity contribution in [3.63, 3.8) is 0 Å². The molecule has 0 radical (unpaired) electrons. The highest BCUT2D eigenvalue weighted by atomic mass is 16.5. The monoisotopic (exact) mass is 226 g/mol. The second-order valence-electron chi connectivity index (χ2n) is 3.38. The van der Waals surface area contributed by atoms with Crippen LogP contribution >= 0.6 is 0 Å². The van der Waals surface area contributed by atoms with E-state index in [1.54, 1.807) is 0 Å². The lowest BCUT2D eigenvalue weighted by Crippen LogP contribution is -1.96. The molecule has 4 nitrogen and oxygen atoms in total. The molecule has 0 fully saturated rings. The molecular weight excluding hydrogens is 208 g/mol. The molecule has 0 amide bonds. The highest BCUT2D eigenvalue weighted by Gasteiger charge is 2.08. The normalized spacial score (nSPS) is 10.6. The smallest absolute Gasteiger partial charge is 0.121 e. The molecule has 0 spiro atoms. The van der Waals surface area contributed by atoms with Crippen LogP contribution in [0.2, 0.25) is 0 Å². The minimum absolute atomic E-state index is 0.126. The lowest BCUT2D eigenvalue weighted by Gasteiger charge is -2.10. The zero-order chi connectivity index (χ0) is 12.0. The molecule has 0 saturated heterocycles. The van der Waals surface area contributed by atoms with Gasteiger partial charge in [-0.1, -0.05) is 0 Å². The maximum atomic E-state index is 9.70. The second kappa shape index (κ2) is 6.35. The van der Waals surface area contributed by atoms with Gasteiger partial charge in [0.15, 0.2) is 0 Å². The van der Waals surface area contributed by atoms with Crippen molar-refractivity contribution in [1.29, 1.82) is 0 Å². The zero-order valence-corrected chi connectivity index (χ0v) is 9.69. The van der Waals surface area contributed by atoms with Gasteiger partial charge in [0.1, 0.15) is 11.5 Å². The van der Waals surface area contributed by atoms with Crippen LogP contribution in [0, 0.1) is 0 Å². The summed E-state index contributed by atoms with van der Waals surface area (Å²) in [6.07, 6.45) is 0. The number of aromatic hydroxyl groups is 2. The summed E-state index contributed by atoms with van der Waals surface area (Å²) in [5.74, 6) is 0.252. The molecule has 0 aromatic heterocycles. The Balaban J connectivity index is 2.79. The third kappa shape index (κ3) is 3.40. The van der Waals surface area contributed by atoms with Crippen LogP contribution in [-0.4, -0.2) is 23.4 Å². The highest BCUT2D eigenvalue weighted by Crippen LogP contribution is 2.28. The fourth-order valence-corrected chi connectivity index (χ4v) is 1.32. The van der Waals surface area contributed by atoms with Crippen molar-refractivity contribution < 1.29 is 19.7 Å². The summed E-state index contributed by atoms with van der Waals surface area (Å²) < 4.78 is 10.3. The Morgan fingerprint density at radius 2 is 1.25 bits per heavy atom. The predicted molar refractivity (Wildman–Crippen MR) is 60.4 cm³/mol. The molecule has 0 atom stereocenters. The van der Waals surface area contributed by atoms with Crippen molar-refractivity contribution in [2.75, 3.05) is 13.2 Å². The molecule has 4 heteroatoms. The van der Waals surface area contributed by atoms with Gasteiger partial charge in [-0.25, -0.2) is 0 Å². The minimum atomic E-state index is 0.126. The molecule has 1 rings (SSSR count). The largest absolute Gasteiger partial charge is 0.508 e. The first-order valence-electron chi connectivity index (χ1n) is 5.38. The fourth-order valence-electron chi connectivity index (χ4n) is 1.32. The second-order valence-corrected chi connectivity index (χ2v) is 3.38. The van der Waals surface area contributed by atoms with Crippen LogP contribution < -0.4 is 0 Å². The summed E-state index contributed by atoms with van der Waals surface area (Å²) in [6, 6.07) is 3.03. The van der Waals surface area contributed by atoms with E-state index in [1.165, 1.54) is 12.1 Å². The Morgan fingerprint density at radius 1 is 0.875 bits per heavy atom. The van der Waals surface area contributed by atoms with E-state index >= 15 is 0 Å². The van der Waals surface area contributed by atoms with Crippen LogP contribution in [0.15, 0.2) is 12.1 Å². The molecule has 0 bridgehead atoms. The summed E-state index contributed by atoms with van der Waals surface area (Å²) in [6.45, 7) is 5.48. The molecule has 0 aliphatic heterocycles. The van der Waals surface area contributed by atoms with E-state index in [1.807, 2.05) is 13.8 Å². The summed E-state index contributed by atoms with van der Waals surface area (Å²) >= 11 is 0. The molecule has 16 heavy (non-hydrogen) atoms. The van der Waals surface area contributed by atoms with E-state index < -0.39 is 0 Å². The van der Waals surface area contributed by atoms with E-state index in [4.69, 9.17) is 9.47 Å². The maximum Gasteiger partial charge on any atom is 0.121 e. The number of rotatable bonds is 6. The topological polar surface area (TPSA) is 58.9 Å². The third-order valence-corrected chi connectivity index (χ3v) is 2.20. The highest BCUT2D eigenvalue weighted by molar-refractivity contribution is 5.44. The molecule has 0 heterocycles. The molecule has 1 aromatic carbocycles. The van der Waals surface area contributed by atoms with Gasteiger partial charge in [0.25, 0.3) is 0 Å². The molecule has 90 valence electrons. The first-order chi connectivity index (χ1) is 7.69. The van der Waals surface area contributed by atoms with E-state index in [0.29, 0.717) is 37.6 Å². The molecule has 0 aliphatic rings. The Labute approximate surface area is 95.4 Å². The van der Waals surface area contributed by atoms with Gasteiger partial charge in [-0.15, -0.1) is 0 Å². The van der Waals surface area contributed by atoms with Crippen LogP contribution in [0.3, 0.4) is 0 Å². The minimum Gasteiger partial charge on any atom is -0.508 e. The average molecular weight is 226 g/mol. The Kier molecular flexibility index (Phi) is 5.08. The van der Waals surface area contributed by atoms with Crippen molar-refractivity contribution in [2.45, 2.75) is 27.1 Å². The van der Waals surface area contributed by atoms with Gasteiger partial charge in [-0.05, 0) is 26.0 Å². The zero-order valence-electron chi connectivity index (χ0n) is 9.69. The Bertz CT molecular complexity index is 302. The molecule has 2 N–H and O–H groups in total. The summed E-state index contributed by atoms with van der Waals surface area (Å²) in [4.78, 5) is 0. The third-order valence-electron chi connectivity index (χ3n) is 2.20. The number of benzene rings is 1. The average Bonchev–Trinajstić information content (AvgIpc) is 2.28. The van der Waals surface area contributed by atoms with Gasteiger partial charge >= 0.3 is 0 Å². The number of hydrogen-bond donors (Lipinski definition) is 2. The summed E-state index contributed by atoms with van der Waals surface area (Å²) in [5, 5.41) is 19.4. The van der Waals surface area contributed by atoms with Crippen LogP contribution in [0.4, 0.5) is 0 Å². The van der Waals surface area contributed by atoms with Gasteiger partial charge in [0.2, 0.25) is 0 Å². The van der Waals surface area contributed by atoms with Crippen molar-refractivity contribution in [1.82, 2.24) is 0 Å². The first kappa shape index (κ1) is 12.8. The molecule has 0 aliphatic carbocycles. The van der Waals surface area contributed by atoms with Crippen molar-refractivity contribution >= 4 is 0 Å². The van der Waals surface area contributed by atoms with Gasteiger partial charge in [0, 0.05) is 24.3 Å². The van der Waals surface area contributed by atoms with Gasteiger partial charge in [-0.3, -0.25) is 0 Å². The molecule has 1 aromatic rings. The van der Waals surface area contributed by atoms with E-state index in [-0.39, 0.29) is 11.5 Å². The van der Waals surface area contributed by atoms with Crippen LogP contribution in [-0.2, 0) is 22.7 Å². The van der Waals surface area contributed by atoms with E-state index in [0.717, 1.165) is 0 Å². The van der Waals surface area contributed by atoms with E-state index in [2.05, 4.69) is 0 Å². The van der Waals surface area contributed by atoms with Gasteiger partial charge < -0.3 is 19.7 Å².